The van der Waals surface area contributed by atoms with Crippen LogP contribution in [0.2, 0.25) is 0 Å². The van der Waals surface area contributed by atoms with Crippen molar-refractivity contribution < 1.29 is 26.7 Å². The molecule has 1 aromatic carbocycles. The van der Waals surface area contributed by atoms with Crippen molar-refractivity contribution in [3.8, 4) is 0 Å². The molecule has 0 saturated carbocycles. The highest BCUT2D eigenvalue weighted by Crippen LogP contribution is 2.25. The average Bonchev–Trinajstić information content (AvgIpc) is 2.30. The standard InChI is InChI=1S/C11H15F3N2O3S/c1-6-3-4-8(15)7(2)10(6)20(18,19)16-5-9(17)11(12,13)14/h3-4,9,16-17H,5,15H2,1-2H3. The lowest BCUT2D eigenvalue weighted by Gasteiger charge is -2.17. The fraction of sp³-hybridized carbons (Fsp3) is 0.455. The van der Waals surface area contributed by atoms with E-state index in [2.05, 4.69) is 0 Å². The van der Waals surface area contributed by atoms with E-state index < -0.39 is 28.8 Å². The van der Waals surface area contributed by atoms with E-state index in [-0.39, 0.29) is 16.1 Å². The van der Waals surface area contributed by atoms with E-state index in [9.17, 15) is 21.6 Å². The minimum atomic E-state index is -4.89. The number of nitrogen functional groups attached to an aromatic ring is 1. The van der Waals surface area contributed by atoms with E-state index in [4.69, 9.17) is 10.8 Å². The molecule has 20 heavy (non-hydrogen) atoms. The smallest absolute Gasteiger partial charge is 0.398 e. The molecule has 0 aliphatic rings. The van der Waals surface area contributed by atoms with E-state index in [1.807, 2.05) is 0 Å². The van der Waals surface area contributed by atoms with Crippen LogP contribution in [0.25, 0.3) is 0 Å². The molecule has 1 unspecified atom stereocenters. The molecule has 0 spiro atoms. The number of sulfonamides is 1. The minimum absolute atomic E-state index is 0.174. The van der Waals surface area contributed by atoms with Crippen molar-refractivity contribution in [3.63, 3.8) is 0 Å². The second kappa shape index (κ2) is 5.58. The zero-order chi connectivity index (χ0) is 15.7. The summed E-state index contributed by atoms with van der Waals surface area (Å²) in [6, 6.07) is 2.96. The fourth-order valence-corrected chi connectivity index (χ4v) is 3.17. The van der Waals surface area contributed by atoms with Gasteiger partial charge in [-0.3, -0.25) is 0 Å². The zero-order valence-corrected chi connectivity index (χ0v) is 11.6. The first-order chi connectivity index (χ1) is 8.97. The lowest BCUT2D eigenvalue weighted by atomic mass is 10.1. The van der Waals surface area contributed by atoms with Crippen LogP contribution in [0.5, 0.6) is 0 Å². The van der Waals surface area contributed by atoms with Gasteiger partial charge in [0.2, 0.25) is 10.0 Å². The van der Waals surface area contributed by atoms with Crippen LogP contribution in [0.3, 0.4) is 0 Å². The van der Waals surface area contributed by atoms with Gasteiger partial charge in [-0.05, 0) is 31.0 Å². The van der Waals surface area contributed by atoms with Crippen LogP contribution in [0.1, 0.15) is 11.1 Å². The van der Waals surface area contributed by atoms with Gasteiger partial charge in [0.05, 0.1) is 4.90 Å². The molecule has 0 saturated heterocycles. The Hall–Kier alpha value is -1.32. The number of anilines is 1. The molecular formula is C11H15F3N2O3S. The van der Waals surface area contributed by atoms with E-state index in [0.717, 1.165) is 0 Å². The maximum Gasteiger partial charge on any atom is 0.415 e. The second-order valence-electron chi connectivity index (χ2n) is 4.34. The van der Waals surface area contributed by atoms with Crippen molar-refractivity contribution in [2.24, 2.45) is 0 Å². The number of nitrogens with one attached hydrogen (secondary N) is 1. The van der Waals surface area contributed by atoms with Crippen LogP contribution in [0, 0.1) is 13.8 Å². The van der Waals surface area contributed by atoms with Crippen LogP contribution < -0.4 is 10.5 Å². The average molecular weight is 312 g/mol. The van der Waals surface area contributed by atoms with Crippen molar-refractivity contribution in [3.05, 3.63) is 23.3 Å². The predicted octanol–water partition coefficient (Wildman–Crippen LogP) is 1.09. The normalized spacial score (nSPS) is 14.3. The summed E-state index contributed by atoms with van der Waals surface area (Å²) in [6.07, 6.45) is -7.65. The van der Waals surface area contributed by atoms with Crippen LogP contribution in [-0.2, 0) is 10.0 Å². The minimum Gasteiger partial charge on any atom is -0.398 e. The van der Waals surface area contributed by atoms with Gasteiger partial charge in [0.15, 0.2) is 6.10 Å². The lowest BCUT2D eigenvalue weighted by molar-refractivity contribution is -0.200. The van der Waals surface area contributed by atoms with Gasteiger partial charge >= 0.3 is 6.18 Å². The first-order valence-electron chi connectivity index (χ1n) is 5.57. The number of nitrogens with two attached hydrogens (primary N) is 1. The predicted molar refractivity (Wildman–Crippen MR) is 67.6 cm³/mol. The number of rotatable bonds is 4. The Morgan fingerprint density at radius 3 is 2.40 bits per heavy atom. The second-order valence-corrected chi connectivity index (χ2v) is 6.04. The van der Waals surface area contributed by atoms with Crippen LogP contribution in [-0.4, -0.2) is 32.3 Å². The highest BCUT2D eigenvalue weighted by molar-refractivity contribution is 7.89. The summed E-state index contributed by atoms with van der Waals surface area (Å²) in [4.78, 5) is -0.174. The molecule has 4 N–H and O–H groups in total. The first kappa shape index (κ1) is 16.7. The number of aryl methyl sites for hydroxylation is 1. The van der Waals surface area contributed by atoms with Gasteiger partial charge < -0.3 is 10.8 Å². The number of aliphatic hydroxyl groups is 1. The Morgan fingerprint density at radius 2 is 1.90 bits per heavy atom. The summed E-state index contributed by atoms with van der Waals surface area (Å²) in [6.45, 7) is 1.80. The van der Waals surface area contributed by atoms with Gasteiger partial charge in [-0.2, -0.15) is 13.2 Å². The Balaban J connectivity index is 3.05. The molecule has 0 aliphatic carbocycles. The Kier molecular flexibility index (Phi) is 4.67. The topological polar surface area (TPSA) is 92.4 Å². The molecule has 0 heterocycles. The highest BCUT2D eigenvalue weighted by Gasteiger charge is 2.39. The summed E-state index contributed by atoms with van der Waals surface area (Å²) >= 11 is 0. The van der Waals surface area contributed by atoms with Crippen molar-refractivity contribution in [2.75, 3.05) is 12.3 Å². The molecule has 0 radical (unpaired) electrons. The lowest BCUT2D eigenvalue weighted by Crippen LogP contribution is -2.41. The molecule has 1 aromatic rings. The summed E-state index contributed by atoms with van der Waals surface area (Å²) in [5, 5.41) is 8.81. The number of benzene rings is 1. The molecule has 9 heteroatoms. The number of aliphatic hydroxyl groups excluding tert-OH is 1. The molecule has 0 aromatic heterocycles. The van der Waals surface area contributed by atoms with Crippen molar-refractivity contribution >= 4 is 15.7 Å². The SMILES string of the molecule is Cc1ccc(N)c(C)c1S(=O)(=O)NCC(O)C(F)(F)F. The monoisotopic (exact) mass is 312 g/mol. The van der Waals surface area contributed by atoms with Gasteiger partial charge in [0, 0.05) is 12.2 Å². The van der Waals surface area contributed by atoms with Gasteiger partial charge in [-0.25, -0.2) is 13.1 Å². The molecule has 1 rings (SSSR count). The summed E-state index contributed by atoms with van der Waals surface area (Å²) < 4.78 is 62.2. The number of alkyl halides is 3. The zero-order valence-electron chi connectivity index (χ0n) is 10.8. The van der Waals surface area contributed by atoms with Gasteiger partial charge in [0.1, 0.15) is 0 Å². The van der Waals surface area contributed by atoms with E-state index >= 15 is 0 Å². The molecule has 0 fully saturated rings. The molecular weight excluding hydrogens is 297 g/mol. The number of hydrogen-bond acceptors (Lipinski definition) is 4. The molecule has 0 bridgehead atoms. The fourth-order valence-electron chi connectivity index (χ4n) is 1.63. The van der Waals surface area contributed by atoms with Gasteiger partial charge in [-0.15, -0.1) is 0 Å². The number of hydrogen-bond donors (Lipinski definition) is 3. The van der Waals surface area contributed by atoms with E-state index in [1.54, 1.807) is 4.72 Å². The Bertz CT molecular complexity index is 600. The van der Waals surface area contributed by atoms with Crippen LogP contribution in [0.15, 0.2) is 17.0 Å². The summed E-state index contributed by atoms with van der Waals surface area (Å²) in [5.41, 5.74) is 6.41. The first-order valence-corrected chi connectivity index (χ1v) is 7.05. The molecule has 0 amide bonds. The third-order valence-electron chi connectivity index (χ3n) is 2.76. The van der Waals surface area contributed by atoms with Crippen LogP contribution >= 0.6 is 0 Å². The maximum absolute atomic E-state index is 12.1. The molecule has 1 atom stereocenters. The largest absolute Gasteiger partial charge is 0.415 e. The molecule has 0 aliphatic heterocycles. The summed E-state index contributed by atoms with van der Waals surface area (Å²) in [5.74, 6) is 0. The van der Waals surface area contributed by atoms with Crippen LogP contribution in [0.4, 0.5) is 18.9 Å². The highest BCUT2D eigenvalue weighted by atomic mass is 32.2. The quantitative estimate of drug-likeness (QED) is 0.726. The maximum atomic E-state index is 12.1. The van der Waals surface area contributed by atoms with Crippen molar-refractivity contribution in [1.29, 1.82) is 0 Å². The van der Waals surface area contributed by atoms with E-state index in [0.29, 0.717) is 5.56 Å². The Labute approximate surface area is 114 Å². The summed E-state index contributed by atoms with van der Waals surface area (Å²) in [7, 11) is -4.19. The van der Waals surface area contributed by atoms with Crippen molar-refractivity contribution in [1.82, 2.24) is 4.72 Å². The third-order valence-corrected chi connectivity index (χ3v) is 4.47. The van der Waals surface area contributed by atoms with Gasteiger partial charge in [0.25, 0.3) is 0 Å². The van der Waals surface area contributed by atoms with E-state index in [1.165, 1.54) is 26.0 Å². The third kappa shape index (κ3) is 3.62. The van der Waals surface area contributed by atoms with Gasteiger partial charge in [-0.1, -0.05) is 6.07 Å². The number of halogens is 3. The molecule has 114 valence electrons. The molecule has 5 nitrogen and oxygen atoms in total. The Morgan fingerprint density at radius 1 is 1.35 bits per heavy atom. The van der Waals surface area contributed by atoms with Crippen molar-refractivity contribution in [2.45, 2.75) is 31.0 Å².